The van der Waals surface area contributed by atoms with Crippen LogP contribution in [0.2, 0.25) is 0 Å². The molecule has 2 N–H and O–H groups in total. The summed E-state index contributed by atoms with van der Waals surface area (Å²) in [4.78, 5) is 12.9. The minimum absolute atomic E-state index is 0.115. The summed E-state index contributed by atoms with van der Waals surface area (Å²) in [7, 11) is 0. The van der Waals surface area contributed by atoms with E-state index in [9.17, 15) is 4.79 Å². The first-order valence-electron chi connectivity index (χ1n) is 11.5. The van der Waals surface area contributed by atoms with Gasteiger partial charge in [-0.15, -0.1) is 0 Å². The Balaban J connectivity index is 1.35. The normalized spacial score (nSPS) is 32.5. The Hall–Kier alpha value is -2.29. The maximum absolute atomic E-state index is 12.9. The van der Waals surface area contributed by atoms with Crippen molar-refractivity contribution in [1.29, 1.82) is 0 Å². The predicted octanol–water partition coefficient (Wildman–Crippen LogP) is 5.66. The SMILES string of the molecule is O=C(NC1CCCC1)c1ccc2c(c1)[C@H]1[C@H]3CC[C@H](C3)[C@@H]1[C@@H](c1ccccc1)N2. The van der Waals surface area contributed by atoms with E-state index < -0.39 is 0 Å². The summed E-state index contributed by atoms with van der Waals surface area (Å²) in [6, 6.07) is 18.1. The maximum atomic E-state index is 12.9. The second kappa shape index (κ2) is 6.90. The van der Waals surface area contributed by atoms with E-state index >= 15 is 0 Å². The van der Waals surface area contributed by atoms with Crippen LogP contribution in [0.3, 0.4) is 0 Å². The van der Waals surface area contributed by atoms with Crippen LogP contribution in [0.5, 0.6) is 0 Å². The zero-order chi connectivity index (χ0) is 19.4. The van der Waals surface area contributed by atoms with E-state index in [1.165, 1.54) is 48.9 Å². The predicted molar refractivity (Wildman–Crippen MR) is 116 cm³/mol. The molecule has 1 aliphatic heterocycles. The van der Waals surface area contributed by atoms with Gasteiger partial charge in [0.25, 0.3) is 5.91 Å². The van der Waals surface area contributed by atoms with E-state index in [0.717, 1.165) is 30.2 Å². The van der Waals surface area contributed by atoms with Crippen LogP contribution in [0.1, 0.15) is 78.4 Å². The molecule has 6 rings (SSSR count). The third-order valence-corrected chi connectivity index (χ3v) is 8.20. The summed E-state index contributed by atoms with van der Waals surface area (Å²) in [5.74, 6) is 2.95. The molecule has 5 atom stereocenters. The van der Waals surface area contributed by atoms with Gasteiger partial charge in [0.2, 0.25) is 0 Å². The fourth-order valence-electron chi connectivity index (χ4n) is 6.96. The zero-order valence-electron chi connectivity index (χ0n) is 16.9. The largest absolute Gasteiger partial charge is 0.378 e. The molecule has 1 amide bonds. The molecule has 0 spiro atoms. The second-order valence-electron chi connectivity index (χ2n) is 9.73. The van der Waals surface area contributed by atoms with E-state index in [-0.39, 0.29) is 5.91 Å². The first-order valence-corrected chi connectivity index (χ1v) is 11.5. The number of carbonyl (C=O) groups is 1. The third kappa shape index (κ3) is 2.89. The number of carbonyl (C=O) groups excluding carboxylic acids is 1. The topological polar surface area (TPSA) is 41.1 Å². The molecule has 0 saturated heterocycles. The van der Waals surface area contributed by atoms with Gasteiger partial charge in [-0.3, -0.25) is 4.79 Å². The highest BCUT2D eigenvalue weighted by Gasteiger charge is 2.53. The van der Waals surface area contributed by atoms with Gasteiger partial charge in [-0.1, -0.05) is 43.2 Å². The van der Waals surface area contributed by atoms with Crippen molar-refractivity contribution < 1.29 is 4.79 Å². The Kier molecular flexibility index (Phi) is 4.18. The first kappa shape index (κ1) is 17.6. The molecule has 2 aromatic rings. The van der Waals surface area contributed by atoms with Gasteiger partial charge < -0.3 is 10.6 Å². The van der Waals surface area contributed by atoms with Crippen LogP contribution in [-0.2, 0) is 0 Å². The van der Waals surface area contributed by atoms with Crippen LogP contribution < -0.4 is 10.6 Å². The van der Waals surface area contributed by atoms with E-state index in [1.807, 2.05) is 6.07 Å². The van der Waals surface area contributed by atoms with Gasteiger partial charge in [0.1, 0.15) is 0 Å². The Morgan fingerprint density at radius 3 is 2.55 bits per heavy atom. The van der Waals surface area contributed by atoms with Gasteiger partial charge in [0, 0.05) is 17.3 Å². The van der Waals surface area contributed by atoms with Crippen LogP contribution >= 0.6 is 0 Å². The van der Waals surface area contributed by atoms with Gasteiger partial charge in [-0.05, 0) is 85.1 Å². The number of nitrogens with one attached hydrogen (secondary N) is 2. The van der Waals surface area contributed by atoms with Gasteiger partial charge in [0.15, 0.2) is 0 Å². The van der Waals surface area contributed by atoms with Gasteiger partial charge in [0.05, 0.1) is 6.04 Å². The smallest absolute Gasteiger partial charge is 0.251 e. The van der Waals surface area contributed by atoms with Crippen molar-refractivity contribution in [2.24, 2.45) is 17.8 Å². The lowest BCUT2D eigenvalue weighted by Crippen LogP contribution is -2.36. The number of anilines is 1. The van der Waals surface area contributed by atoms with Crippen LogP contribution in [0.15, 0.2) is 48.5 Å². The molecule has 2 aromatic carbocycles. The Bertz CT molecular complexity index is 918. The molecule has 1 heterocycles. The molecule has 2 bridgehead atoms. The fourth-order valence-corrected chi connectivity index (χ4v) is 6.96. The van der Waals surface area contributed by atoms with E-state index in [1.54, 1.807) is 0 Å². The molecule has 3 nitrogen and oxygen atoms in total. The summed E-state index contributed by atoms with van der Waals surface area (Å²) in [5, 5.41) is 7.15. The van der Waals surface area contributed by atoms with E-state index in [4.69, 9.17) is 0 Å². The summed E-state index contributed by atoms with van der Waals surface area (Å²) >= 11 is 0. The molecule has 3 fully saturated rings. The van der Waals surface area contributed by atoms with Crippen molar-refractivity contribution in [2.45, 2.75) is 62.9 Å². The lowest BCUT2D eigenvalue weighted by atomic mass is 9.68. The molecular formula is C26H30N2O. The number of amides is 1. The van der Waals surface area contributed by atoms with Crippen molar-refractivity contribution in [3.63, 3.8) is 0 Å². The molecule has 3 aliphatic carbocycles. The van der Waals surface area contributed by atoms with Crippen molar-refractivity contribution in [3.05, 3.63) is 65.2 Å². The summed E-state index contributed by atoms with van der Waals surface area (Å²) < 4.78 is 0. The number of hydrogen-bond acceptors (Lipinski definition) is 2. The minimum atomic E-state index is 0.115. The van der Waals surface area contributed by atoms with E-state index in [0.29, 0.717) is 23.9 Å². The number of rotatable bonds is 3. The monoisotopic (exact) mass is 386 g/mol. The standard InChI is InChI=1S/C26H30N2O/c29-26(27-20-8-4-5-9-20)19-12-13-22-21(15-19)23-17-10-11-18(14-17)24(23)25(28-22)16-6-2-1-3-7-16/h1-3,6-7,12-13,15,17-18,20,23-25,28H,4-5,8-11,14H2,(H,27,29)/t17-,18+,23+,24-,25+/m0/s1. The summed E-state index contributed by atoms with van der Waals surface area (Å²) in [6.45, 7) is 0. The Morgan fingerprint density at radius 1 is 0.931 bits per heavy atom. The molecule has 150 valence electrons. The molecule has 0 unspecified atom stereocenters. The van der Waals surface area contributed by atoms with Crippen LogP contribution in [-0.4, -0.2) is 11.9 Å². The minimum Gasteiger partial charge on any atom is -0.378 e. The third-order valence-electron chi connectivity index (χ3n) is 8.20. The Morgan fingerprint density at radius 2 is 1.72 bits per heavy atom. The molecule has 4 aliphatic rings. The maximum Gasteiger partial charge on any atom is 0.251 e. The first-order chi connectivity index (χ1) is 14.3. The highest BCUT2D eigenvalue weighted by atomic mass is 16.1. The number of benzene rings is 2. The highest BCUT2D eigenvalue weighted by molar-refractivity contribution is 5.95. The summed E-state index contributed by atoms with van der Waals surface area (Å²) in [6.07, 6.45) is 8.83. The van der Waals surface area contributed by atoms with Gasteiger partial charge in [-0.25, -0.2) is 0 Å². The molecule has 3 saturated carbocycles. The van der Waals surface area contributed by atoms with Crippen molar-refractivity contribution in [2.75, 3.05) is 5.32 Å². The van der Waals surface area contributed by atoms with Crippen LogP contribution in [0, 0.1) is 17.8 Å². The molecule has 29 heavy (non-hydrogen) atoms. The Labute approximate surface area is 173 Å². The average Bonchev–Trinajstić information content (AvgIpc) is 3.51. The zero-order valence-corrected chi connectivity index (χ0v) is 16.9. The van der Waals surface area contributed by atoms with Crippen molar-refractivity contribution in [1.82, 2.24) is 5.32 Å². The molecule has 0 radical (unpaired) electrons. The number of hydrogen-bond donors (Lipinski definition) is 2. The molecule has 0 aromatic heterocycles. The van der Waals surface area contributed by atoms with Gasteiger partial charge in [-0.2, -0.15) is 0 Å². The lowest BCUT2D eigenvalue weighted by Gasteiger charge is -2.43. The lowest BCUT2D eigenvalue weighted by molar-refractivity contribution is 0.0937. The molecular weight excluding hydrogens is 356 g/mol. The summed E-state index contributed by atoms with van der Waals surface area (Å²) in [5.41, 5.74) is 4.89. The highest BCUT2D eigenvalue weighted by Crippen LogP contribution is 2.63. The molecule has 3 heteroatoms. The van der Waals surface area contributed by atoms with Crippen molar-refractivity contribution >= 4 is 11.6 Å². The average molecular weight is 387 g/mol. The van der Waals surface area contributed by atoms with E-state index in [2.05, 4.69) is 53.1 Å². The quantitative estimate of drug-likeness (QED) is 0.715. The van der Waals surface area contributed by atoms with Crippen LogP contribution in [0.25, 0.3) is 0 Å². The van der Waals surface area contributed by atoms with Gasteiger partial charge >= 0.3 is 0 Å². The van der Waals surface area contributed by atoms with Crippen LogP contribution in [0.4, 0.5) is 5.69 Å². The fraction of sp³-hybridized carbons (Fsp3) is 0.500. The second-order valence-corrected chi connectivity index (χ2v) is 9.73. The van der Waals surface area contributed by atoms with Crippen molar-refractivity contribution in [3.8, 4) is 0 Å². The number of fused-ring (bicyclic) bond motifs is 7.